The first-order chi connectivity index (χ1) is 37.6. The van der Waals surface area contributed by atoms with Crippen LogP contribution >= 0.6 is 22.7 Å². The van der Waals surface area contributed by atoms with Crippen LogP contribution in [-0.4, -0.2) is 61.4 Å². The van der Waals surface area contributed by atoms with Crippen LogP contribution in [0.2, 0.25) is 0 Å². The van der Waals surface area contributed by atoms with Crippen molar-refractivity contribution in [3.63, 3.8) is 0 Å². The van der Waals surface area contributed by atoms with E-state index in [1.807, 2.05) is 91.0 Å². The molecule has 0 spiro atoms. The molecular formula is C54H37F5N8O7S4. The number of benzene rings is 7. The third-order valence-corrected chi connectivity index (χ3v) is 15.3. The van der Waals surface area contributed by atoms with E-state index >= 15 is 0 Å². The number of nitrogens with one attached hydrogen (secondary N) is 1. The van der Waals surface area contributed by atoms with Crippen molar-refractivity contribution in [1.82, 2.24) is 30.4 Å². The molecule has 11 aromatic rings. The second-order valence-electron chi connectivity index (χ2n) is 16.2. The highest BCUT2D eigenvalue weighted by atomic mass is 32.2. The van der Waals surface area contributed by atoms with Crippen LogP contribution in [0.1, 0.15) is 0 Å². The zero-order valence-corrected chi connectivity index (χ0v) is 43.6. The Morgan fingerprint density at radius 3 is 1.44 bits per heavy atom. The minimum atomic E-state index is -5.00. The molecular weight excluding hydrogens is 1100 g/mol. The number of nitrogens with two attached hydrogens (primary N) is 1. The van der Waals surface area contributed by atoms with Gasteiger partial charge in [0.2, 0.25) is 45.1 Å². The predicted octanol–water partition coefficient (Wildman–Crippen LogP) is 12.4. The summed E-state index contributed by atoms with van der Waals surface area (Å²) in [7, 11) is -5.66. The molecule has 78 heavy (non-hydrogen) atoms. The fourth-order valence-electron chi connectivity index (χ4n) is 7.85. The van der Waals surface area contributed by atoms with Crippen LogP contribution in [0, 0.1) is 29.1 Å². The summed E-state index contributed by atoms with van der Waals surface area (Å²) in [6.45, 7) is 0. The van der Waals surface area contributed by atoms with Gasteiger partial charge >= 0.3 is 10.1 Å². The van der Waals surface area contributed by atoms with Gasteiger partial charge in [-0.3, -0.25) is 14.7 Å². The van der Waals surface area contributed by atoms with Crippen molar-refractivity contribution in [3.05, 3.63) is 198 Å². The van der Waals surface area contributed by atoms with Gasteiger partial charge in [0.15, 0.2) is 0 Å². The SMILES string of the molecule is COc1cc(-c2ccccc2)ccc1-c1nccc2cc(S(=O)(=O)Nc3nncs3)ccc12.COc1cc(-c2ccccc2)ccc1-c1nccc2cc(S(=O)(=O)Oc3c(F)c(F)c(F)c(F)c3F)ccc12.Nc1nncs1. The first-order valence-corrected chi connectivity index (χ1v) is 27.2. The van der Waals surface area contributed by atoms with Gasteiger partial charge in [-0.2, -0.15) is 17.2 Å². The number of aromatic nitrogens is 6. The van der Waals surface area contributed by atoms with Gasteiger partial charge in [-0.15, -0.1) is 20.4 Å². The number of rotatable bonds is 12. The van der Waals surface area contributed by atoms with Crippen molar-refractivity contribution in [2.24, 2.45) is 0 Å². The van der Waals surface area contributed by atoms with Crippen molar-refractivity contribution in [2.75, 3.05) is 24.7 Å². The highest BCUT2D eigenvalue weighted by Crippen LogP contribution is 2.40. The molecule has 0 saturated heterocycles. The first-order valence-electron chi connectivity index (χ1n) is 22.6. The number of pyridine rings is 2. The molecule has 0 atom stereocenters. The highest BCUT2D eigenvalue weighted by molar-refractivity contribution is 7.93. The van der Waals surface area contributed by atoms with Crippen LogP contribution < -0.4 is 24.1 Å². The Hall–Kier alpha value is -8.97. The maximum atomic E-state index is 14.0. The molecule has 0 fully saturated rings. The number of hydrogen-bond acceptors (Lipinski definition) is 16. The van der Waals surface area contributed by atoms with Crippen molar-refractivity contribution in [2.45, 2.75) is 9.79 Å². The molecule has 11 rings (SSSR count). The number of methoxy groups -OCH3 is 2. The van der Waals surface area contributed by atoms with E-state index in [9.17, 15) is 38.8 Å². The van der Waals surface area contributed by atoms with Gasteiger partial charge in [0.25, 0.3) is 10.0 Å². The highest BCUT2D eigenvalue weighted by Gasteiger charge is 2.31. The lowest BCUT2D eigenvalue weighted by Gasteiger charge is -2.14. The normalized spacial score (nSPS) is 11.3. The Morgan fingerprint density at radius 2 is 0.987 bits per heavy atom. The number of nitrogen functional groups attached to an aromatic ring is 1. The average molecular weight is 1130 g/mol. The van der Waals surface area contributed by atoms with Gasteiger partial charge in [-0.1, -0.05) is 108 Å². The lowest BCUT2D eigenvalue weighted by Crippen LogP contribution is -2.14. The third-order valence-electron chi connectivity index (χ3n) is 11.5. The van der Waals surface area contributed by atoms with Crippen molar-refractivity contribution in [1.29, 1.82) is 0 Å². The lowest BCUT2D eigenvalue weighted by atomic mass is 9.99. The summed E-state index contributed by atoms with van der Waals surface area (Å²) < 4.78 is 138. The van der Waals surface area contributed by atoms with Crippen LogP contribution in [0.15, 0.2) is 179 Å². The summed E-state index contributed by atoms with van der Waals surface area (Å²) in [5.41, 5.74) is 14.8. The Labute approximate surface area is 449 Å². The van der Waals surface area contributed by atoms with E-state index in [4.69, 9.17) is 15.2 Å². The average Bonchev–Trinajstić information content (AvgIpc) is 4.30. The first kappa shape index (κ1) is 53.8. The molecule has 0 amide bonds. The molecule has 3 N–H and O–H groups in total. The fraction of sp³-hybridized carbons (Fsp3) is 0.0370. The number of nitrogens with zero attached hydrogens (tertiary/aromatic N) is 6. The second-order valence-corrected chi connectivity index (χ2v) is 21.1. The summed E-state index contributed by atoms with van der Waals surface area (Å²) in [5, 5.41) is 17.5. The third kappa shape index (κ3) is 11.6. The van der Waals surface area contributed by atoms with Gasteiger partial charge in [0.05, 0.1) is 30.5 Å². The van der Waals surface area contributed by atoms with Crippen LogP contribution in [0.3, 0.4) is 0 Å². The van der Waals surface area contributed by atoms with E-state index in [1.54, 1.807) is 49.1 Å². The summed E-state index contributed by atoms with van der Waals surface area (Å²) in [6, 6.07) is 43.0. The molecule has 0 aliphatic rings. The van der Waals surface area contributed by atoms with Crippen LogP contribution in [-0.2, 0) is 20.1 Å². The van der Waals surface area contributed by atoms with Gasteiger partial charge in [-0.25, -0.2) is 21.6 Å². The van der Waals surface area contributed by atoms with Gasteiger partial charge < -0.3 is 19.4 Å². The number of sulfonamides is 1. The van der Waals surface area contributed by atoms with E-state index in [-0.39, 0.29) is 10.0 Å². The Bertz CT molecular complexity index is 4160. The molecule has 4 aromatic heterocycles. The molecule has 0 aliphatic carbocycles. The van der Waals surface area contributed by atoms with Crippen LogP contribution in [0.5, 0.6) is 17.2 Å². The quantitative estimate of drug-likeness (QED) is 0.0504. The standard InChI is InChI=1S/C28H16F5NO4S.C24H18N4O3S2.C2H3N3S/c1-37-21-14-16(15-5-3-2-4-6-15)7-9-20(21)27-19-10-8-18(13-17(19)11-12-34-27)39(35,36)38-28-25(32)23(30)22(29)24(31)26(28)33;1-31-22-14-17(16-5-3-2-4-6-16)7-9-21(22)23-20-10-8-19(13-18(20)11-12-25-23)33(29,30)28-24-27-26-15-32-24;3-2-5-4-1-6-2/h2-14H,1H3;2-15H,1H3,(H,27,28);1H,(H2,3,5). The number of hydrogen-bond donors (Lipinski definition) is 2. The van der Waals surface area contributed by atoms with E-state index in [0.717, 1.165) is 62.1 Å². The summed E-state index contributed by atoms with van der Waals surface area (Å²) in [5.74, 6) is -12.7. The molecule has 394 valence electrons. The Kier molecular flexibility index (Phi) is 15.9. The van der Waals surface area contributed by atoms with Crippen LogP contribution in [0.25, 0.3) is 66.3 Å². The number of anilines is 2. The number of ether oxygens (including phenoxy) is 2. The molecule has 0 saturated carbocycles. The van der Waals surface area contributed by atoms with Crippen molar-refractivity contribution in [3.8, 4) is 62.0 Å². The fourth-order valence-corrected chi connectivity index (χ4v) is 10.8. The monoisotopic (exact) mass is 1130 g/mol. The molecule has 0 unspecified atom stereocenters. The van der Waals surface area contributed by atoms with Crippen molar-refractivity contribution >= 4 is 74.6 Å². The molecule has 15 nitrogen and oxygen atoms in total. The molecule has 0 bridgehead atoms. The van der Waals surface area contributed by atoms with Gasteiger partial charge in [0, 0.05) is 34.3 Å². The smallest absolute Gasteiger partial charge is 0.339 e. The number of halogens is 5. The van der Waals surface area contributed by atoms with Crippen molar-refractivity contribution < 1.29 is 52.4 Å². The second kappa shape index (κ2) is 23.1. The predicted molar refractivity (Wildman–Crippen MR) is 287 cm³/mol. The summed E-state index contributed by atoms with van der Waals surface area (Å²) in [6.07, 6.45) is 3.08. The van der Waals surface area contributed by atoms with E-state index in [2.05, 4.69) is 39.3 Å². The van der Waals surface area contributed by atoms with E-state index in [0.29, 0.717) is 44.4 Å². The lowest BCUT2D eigenvalue weighted by molar-refractivity contribution is 0.346. The summed E-state index contributed by atoms with van der Waals surface area (Å²) >= 11 is 2.45. The van der Waals surface area contributed by atoms with Gasteiger partial charge in [0.1, 0.15) is 27.4 Å². The minimum Gasteiger partial charge on any atom is -0.496 e. The van der Waals surface area contributed by atoms with Crippen LogP contribution in [0.4, 0.5) is 32.2 Å². The summed E-state index contributed by atoms with van der Waals surface area (Å²) in [4.78, 5) is 8.55. The van der Waals surface area contributed by atoms with Gasteiger partial charge in [-0.05, 0) is 93.7 Å². The maximum Gasteiger partial charge on any atom is 0.339 e. The number of fused-ring (bicyclic) bond motifs is 2. The van der Waals surface area contributed by atoms with E-state index < -0.39 is 59.9 Å². The molecule has 0 radical (unpaired) electrons. The molecule has 0 aliphatic heterocycles. The molecule has 7 aromatic carbocycles. The Morgan fingerprint density at radius 1 is 0.513 bits per heavy atom. The molecule has 4 heterocycles. The molecule has 24 heteroatoms. The zero-order valence-electron chi connectivity index (χ0n) is 40.3. The topological polar surface area (TPSA) is 211 Å². The minimum absolute atomic E-state index is 0.133. The zero-order chi connectivity index (χ0) is 55.1. The largest absolute Gasteiger partial charge is 0.496 e. The maximum absolute atomic E-state index is 14.0. The van der Waals surface area contributed by atoms with E-state index in [1.165, 1.54) is 42.3 Å². The Balaban J connectivity index is 0.000000173.